The average molecular weight is 253 g/mol. The van der Waals surface area contributed by atoms with Gasteiger partial charge in [-0.25, -0.2) is 0 Å². The highest BCUT2D eigenvalue weighted by Crippen LogP contribution is 2.37. The van der Waals surface area contributed by atoms with E-state index in [1.165, 1.54) is 51.4 Å². The van der Waals surface area contributed by atoms with Crippen molar-refractivity contribution in [3.05, 3.63) is 0 Å². The molecule has 1 saturated carbocycles. The molecule has 2 nitrogen and oxygen atoms in total. The molecule has 1 aliphatic carbocycles. The average Bonchev–Trinajstić information content (AvgIpc) is 2.52. The second-order valence-electron chi connectivity index (χ2n) is 7.06. The van der Waals surface area contributed by atoms with Crippen LogP contribution in [-0.2, 0) is 4.74 Å². The van der Waals surface area contributed by atoms with Crippen LogP contribution in [0, 0.1) is 17.8 Å². The van der Waals surface area contributed by atoms with Crippen molar-refractivity contribution in [2.75, 3.05) is 13.2 Å². The van der Waals surface area contributed by atoms with E-state index >= 15 is 0 Å². The third-order valence-electron chi connectivity index (χ3n) is 5.24. The fourth-order valence-electron chi connectivity index (χ4n) is 3.85. The van der Waals surface area contributed by atoms with Gasteiger partial charge in [0.25, 0.3) is 0 Å². The Kier molecular flexibility index (Phi) is 5.08. The molecule has 0 radical (unpaired) electrons. The van der Waals surface area contributed by atoms with E-state index in [-0.39, 0.29) is 5.54 Å². The standard InChI is InChI=1S/C16H31NO/c1-13(2)15-4-3-8-16(17,9-5-15)12-14-6-10-18-11-7-14/h13-15H,3-12,17H2,1-2H3. The first-order chi connectivity index (χ1) is 8.59. The van der Waals surface area contributed by atoms with Gasteiger partial charge in [0.05, 0.1) is 0 Å². The fourth-order valence-corrected chi connectivity index (χ4v) is 3.85. The fraction of sp³-hybridized carbons (Fsp3) is 1.00. The highest BCUT2D eigenvalue weighted by Gasteiger charge is 2.32. The van der Waals surface area contributed by atoms with E-state index in [2.05, 4.69) is 13.8 Å². The first-order valence-corrected chi connectivity index (χ1v) is 7.96. The minimum Gasteiger partial charge on any atom is -0.381 e. The van der Waals surface area contributed by atoms with Gasteiger partial charge in [0.15, 0.2) is 0 Å². The Morgan fingerprint density at radius 2 is 1.83 bits per heavy atom. The van der Waals surface area contributed by atoms with E-state index in [1.54, 1.807) is 0 Å². The van der Waals surface area contributed by atoms with Crippen molar-refractivity contribution < 1.29 is 4.74 Å². The summed E-state index contributed by atoms with van der Waals surface area (Å²) in [5.41, 5.74) is 6.84. The summed E-state index contributed by atoms with van der Waals surface area (Å²) in [5, 5.41) is 0. The Bertz CT molecular complexity index is 247. The van der Waals surface area contributed by atoms with Crippen molar-refractivity contribution in [1.29, 1.82) is 0 Å². The first kappa shape index (κ1) is 14.3. The van der Waals surface area contributed by atoms with Crippen molar-refractivity contribution in [2.45, 2.75) is 70.8 Å². The quantitative estimate of drug-likeness (QED) is 0.778. The summed E-state index contributed by atoms with van der Waals surface area (Å²) < 4.78 is 5.45. The summed E-state index contributed by atoms with van der Waals surface area (Å²) in [6.45, 7) is 6.64. The molecule has 0 aromatic heterocycles. The lowest BCUT2D eigenvalue weighted by atomic mass is 9.79. The van der Waals surface area contributed by atoms with E-state index in [9.17, 15) is 0 Å². The number of ether oxygens (including phenoxy) is 1. The Balaban J connectivity index is 1.86. The Labute approximate surface area is 113 Å². The van der Waals surface area contributed by atoms with Crippen LogP contribution in [0.1, 0.15) is 65.2 Å². The zero-order valence-electron chi connectivity index (χ0n) is 12.3. The molecule has 2 heteroatoms. The van der Waals surface area contributed by atoms with Gasteiger partial charge in [-0.15, -0.1) is 0 Å². The smallest absolute Gasteiger partial charge is 0.0468 e. The molecule has 0 spiro atoms. The molecule has 1 heterocycles. The molecule has 0 aromatic carbocycles. The van der Waals surface area contributed by atoms with Crippen LogP contribution in [0.2, 0.25) is 0 Å². The van der Waals surface area contributed by atoms with E-state index in [0.29, 0.717) is 0 Å². The second kappa shape index (κ2) is 6.38. The summed E-state index contributed by atoms with van der Waals surface area (Å²) in [6, 6.07) is 0. The molecule has 106 valence electrons. The van der Waals surface area contributed by atoms with Gasteiger partial charge in [0.2, 0.25) is 0 Å². The zero-order chi connectivity index (χ0) is 13.0. The van der Waals surface area contributed by atoms with Crippen LogP contribution in [0.25, 0.3) is 0 Å². The van der Waals surface area contributed by atoms with Crippen LogP contribution in [-0.4, -0.2) is 18.8 Å². The van der Waals surface area contributed by atoms with Crippen molar-refractivity contribution >= 4 is 0 Å². The minimum atomic E-state index is 0.131. The maximum atomic E-state index is 6.71. The van der Waals surface area contributed by atoms with E-state index < -0.39 is 0 Å². The lowest BCUT2D eigenvalue weighted by Gasteiger charge is -2.34. The largest absolute Gasteiger partial charge is 0.381 e. The molecule has 1 saturated heterocycles. The molecule has 2 atom stereocenters. The third kappa shape index (κ3) is 3.96. The van der Waals surface area contributed by atoms with E-state index in [0.717, 1.165) is 31.0 Å². The van der Waals surface area contributed by atoms with Gasteiger partial charge in [-0.3, -0.25) is 0 Å². The maximum Gasteiger partial charge on any atom is 0.0468 e. The predicted molar refractivity (Wildman–Crippen MR) is 76.5 cm³/mol. The van der Waals surface area contributed by atoms with Crippen molar-refractivity contribution in [1.82, 2.24) is 0 Å². The maximum absolute atomic E-state index is 6.71. The molecule has 2 aliphatic rings. The molecule has 0 amide bonds. The molecule has 0 bridgehead atoms. The monoisotopic (exact) mass is 253 g/mol. The highest BCUT2D eigenvalue weighted by molar-refractivity contribution is 4.90. The van der Waals surface area contributed by atoms with Crippen molar-refractivity contribution in [3.63, 3.8) is 0 Å². The van der Waals surface area contributed by atoms with E-state index in [4.69, 9.17) is 10.5 Å². The molecular weight excluding hydrogens is 222 g/mol. The Hall–Kier alpha value is -0.0800. The normalized spacial score (nSPS) is 35.7. The SMILES string of the molecule is CC(C)C1CCCC(N)(CC2CCOCC2)CC1. The second-order valence-corrected chi connectivity index (χ2v) is 7.06. The van der Waals surface area contributed by atoms with E-state index in [1.807, 2.05) is 0 Å². The molecule has 2 unspecified atom stereocenters. The Morgan fingerprint density at radius 1 is 1.11 bits per heavy atom. The lowest BCUT2D eigenvalue weighted by Crippen LogP contribution is -2.42. The molecule has 18 heavy (non-hydrogen) atoms. The van der Waals surface area contributed by atoms with Crippen LogP contribution in [0.5, 0.6) is 0 Å². The summed E-state index contributed by atoms with van der Waals surface area (Å²) in [5.74, 6) is 2.56. The molecular formula is C16H31NO. The summed E-state index contributed by atoms with van der Waals surface area (Å²) in [6.07, 6.45) is 10.3. The van der Waals surface area contributed by atoms with Crippen molar-refractivity contribution in [3.8, 4) is 0 Å². The minimum absolute atomic E-state index is 0.131. The number of hydrogen-bond acceptors (Lipinski definition) is 2. The van der Waals surface area contributed by atoms with Gasteiger partial charge in [-0.2, -0.15) is 0 Å². The number of rotatable bonds is 3. The van der Waals surface area contributed by atoms with Gasteiger partial charge < -0.3 is 10.5 Å². The molecule has 0 aromatic rings. The summed E-state index contributed by atoms with van der Waals surface area (Å²) in [7, 11) is 0. The van der Waals surface area contributed by atoms with Crippen LogP contribution < -0.4 is 5.73 Å². The lowest BCUT2D eigenvalue weighted by molar-refractivity contribution is 0.0546. The topological polar surface area (TPSA) is 35.2 Å². The number of nitrogens with two attached hydrogens (primary N) is 1. The highest BCUT2D eigenvalue weighted by atomic mass is 16.5. The summed E-state index contributed by atoms with van der Waals surface area (Å²) >= 11 is 0. The third-order valence-corrected chi connectivity index (χ3v) is 5.24. The number of hydrogen-bond donors (Lipinski definition) is 1. The van der Waals surface area contributed by atoms with Crippen LogP contribution in [0.3, 0.4) is 0 Å². The molecule has 1 aliphatic heterocycles. The van der Waals surface area contributed by atoms with Crippen LogP contribution in [0.15, 0.2) is 0 Å². The first-order valence-electron chi connectivity index (χ1n) is 7.96. The van der Waals surface area contributed by atoms with Crippen LogP contribution >= 0.6 is 0 Å². The molecule has 2 rings (SSSR count). The zero-order valence-corrected chi connectivity index (χ0v) is 12.3. The van der Waals surface area contributed by atoms with Gasteiger partial charge >= 0.3 is 0 Å². The summed E-state index contributed by atoms with van der Waals surface area (Å²) in [4.78, 5) is 0. The van der Waals surface area contributed by atoms with Gasteiger partial charge in [0.1, 0.15) is 0 Å². The van der Waals surface area contributed by atoms with Gasteiger partial charge in [-0.1, -0.05) is 26.7 Å². The predicted octanol–water partition coefficient (Wildman–Crippen LogP) is 3.74. The van der Waals surface area contributed by atoms with Gasteiger partial charge in [-0.05, 0) is 56.3 Å². The van der Waals surface area contributed by atoms with Gasteiger partial charge in [0, 0.05) is 18.8 Å². The van der Waals surface area contributed by atoms with Crippen LogP contribution in [0.4, 0.5) is 0 Å². The molecule has 2 fully saturated rings. The molecule has 2 N–H and O–H groups in total. The van der Waals surface area contributed by atoms with Crippen molar-refractivity contribution in [2.24, 2.45) is 23.5 Å². The Morgan fingerprint density at radius 3 is 2.50 bits per heavy atom.